The summed E-state index contributed by atoms with van der Waals surface area (Å²) in [6.07, 6.45) is -0.798. The number of aryl methyl sites for hydroxylation is 1. The fourth-order valence-corrected chi connectivity index (χ4v) is 2.69. The fraction of sp³-hybridized carbons (Fsp3) is 0.333. The number of ether oxygens (including phenoxy) is 1. The van der Waals surface area contributed by atoms with E-state index in [2.05, 4.69) is 0 Å². The number of nitrogens with two attached hydrogens (primary N) is 2. The minimum absolute atomic E-state index is 0.00467. The van der Waals surface area contributed by atoms with Crippen LogP contribution < -0.4 is 16.2 Å². The predicted molar refractivity (Wildman–Crippen MR) is 74.8 cm³/mol. The van der Waals surface area contributed by atoms with Crippen molar-refractivity contribution in [3.8, 4) is 5.75 Å². The number of alkyl halides is 3. The average molecular weight is 298 g/mol. The van der Waals surface area contributed by atoms with Gasteiger partial charge in [0.1, 0.15) is 11.2 Å². The lowest BCUT2D eigenvalue weighted by Gasteiger charge is -2.41. The van der Waals surface area contributed by atoms with Gasteiger partial charge in [0.05, 0.1) is 13.2 Å². The molecule has 0 amide bonds. The third-order valence-corrected chi connectivity index (χ3v) is 3.85. The van der Waals surface area contributed by atoms with E-state index in [9.17, 15) is 13.2 Å². The van der Waals surface area contributed by atoms with Crippen LogP contribution >= 0.6 is 0 Å². The Hall–Kier alpha value is -1.95. The lowest BCUT2D eigenvalue weighted by atomic mass is 9.69. The molecule has 0 saturated carbocycles. The first-order chi connectivity index (χ1) is 9.74. The van der Waals surface area contributed by atoms with Gasteiger partial charge in [0.2, 0.25) is 0 Å². The molecule has 6 heteroatoms. The Kier molecular flexibility index (Phi) is 3.76. The first-order valence-electron chi connectivity index (χ1n) is 6.36. The van der Waals surface area contributed by atoms with Gasteiger partial charge in [-0.2, -0.15) is 13.2 Å². The molecule has 1 aromatic carbocycles. The van der Waals surface area contributed by atoms with Crippen LogP contribution in [0.1, 0.15) is 11.1 Å². The number of halogens is 3. The Labute approximate surface area is 121 Å². The molecule has 0 spiro atoms. The summed E-state index contributed by atoms with van der Waals surface area (Å²) in [6, 6.07) is 3.07. The van der Waals surface area contributed by atoms with Crippen LogP contribution in [0.2, 0.25) is 0 Å². The van der Waals surface area contributed by atoms with Crippen LogP contribution in [0.3, 0.4) is 0 Å². The molecule has 2 atom stereocenters. The highest BCUT2D eigenvalue weighted by Gasteiger charge is 2.59. The molecule has 1 aliphatic carbocycles. The first kappa shape index (κ1) is 15.4. The Morgan fingerprint density at radius 3 is 2.48 bits per heavy atom. The molecule has 3 nitrogen and oxygen atoms in total. The van der Waals surface area contributed by atoms with Crippen molar-refractivity contribution in [1.29, 1.82) is 0 Å². The Balaban J connectivity index is 2.69. The van der Waals surface area contributed by atoms with Crippen molar-refractivity contribution >= 4 is 0 Å². The zero-order chi connectivity index (χ0) is 15.8. The minimum atomic E-state index is -4.57. The topological polar surface area (TPSA) is 61.3 Å². The van der Waals surface area contributed by atoms with Crippen LogP contribution in [-0.2, 0) is 5.41 Å². The van der Waals surface area contributed by atoms with Gasteiger partial charge in [0.25, 0.3) is 0 Å². The van der Waals surface area contributed by atoms with Crippen LogP contribution in [0, 0.1) is 6.92 Å². The predicted octanol–water partition coefficient (Wildman–Crippen LogP) is 2.54. The van der Waals surface area contributed by atoms with Crippen LogP contribution in [0.15, 0.2) is 42.1 Å². The first-order valence-corrected chi connectivity index (χ1v) is 6.36. The average Bonchev–Trinajstić information content (AvgIpc) is 2.41. The maximum absolute atomic E-state index is 13.8. The molecule has 4 N–H and O–H groups in total. The highest BCUT2D eigenvalue weighted by Crippen LogP contribution is 2.48. The summed E-state index contributed by atoms with van der Waals surface area (Å²) < 4.78 is 46.5. The summed E-state index contributed by atoms with van der Waals surface area (Å²) in [4.78, 5) is 0. The van der Waals surface area contributed by atoms with E-state index in [1.807, 2.05) is 0 Å². The second-order valence-corrected chi connectivity index (χ2v) is 5.05. The van der Waals surface area contributed by atoms with Gasteiger partial charge in [-0.3, -0.25) is 0 Å². The van der Waals surface area contributed by atoms with Gasteiger partial charge in [-0.15, -0.1) is 0 Å². The molecule has 0 aromatic heterocycles. The number of allylic oxidation sites excluding steroid dienone is 2. The van der Waals surface area contributed by atoms with Crippen molar-refractivity contribution in [2.45, 2.75) is 24.6 Å². The van der Waals surface area contributed by atoms with E-state index in [0.29, 0.717) is 11.3 Å². The Morgan fingerprint density at radius 1 is 1.29 bits per heavy atom. The van der Waals surface area contributed by atoms with Crippen LogP contribution in [0.25, 0.3) is 0 Å². The number of hydrogen-bond donors (Lipinski definition) is 2. The van der Waals surface area contributed by atoms with Crippen molar-refractivity contribution in [3.63, 3.8) is 0 Å². The summed E-state index contributed by atoms with van der Waals surface area (Å²) in [6.45, 7) is 1.60. The zero-order valence-corrected chi connectivity index (χ0v) is 11.7. The van der Waals surface area contributed by atoms with E-state index in [0.717, 1.165) is 6.08 Å². The summed E-state index contributed by atoms with van der Waals surface area (Å²) in [5.41, 5.74) is 9.67. The van der Waals surface area contributed by atoms with E-state index in [1.165, 1.54) is 31.4 Å². The molecule has 0 radical (unpaired) electrons. The third-order valence-electron chi connectivity index (χ3n) is 3.85. The molecule has 2 unspecified atom stereocenters. The van der Waals surface area contributed by atoms with Gasteiger partial charge in [-0.05, 0) is 36.3 Å². The summed E-state index contributed by atoms with van der Waals surface area (Å²) in [5.74, 6) is 0.491. The van der Waals surface area contributed by atoms with Crippen LogP contribution in [0.5, 0.6) is 5.75 Å². The molecule has 21 heavy (non-hydrogen) atoms. The van der Waals surface area contributed by atoms with E-state index in [1.54, 1.807) is 13.0 Å². The lowest BCUT2D eigenvalue weighted by Crippen LogP contribution is -2.57. The fourth-order valence-electron chi connectivity index (χ4n) is 2.69. The van der Waals surface area contributed by atoms with Gasteiger partial charge in [-0.25, -0.2) is 0 Å². The molecule has 0 aliphatic heterocycles. The van der Waals surface area contributed by atoms with Crippen LogP contribution in [0.4, 0.5) is 13.2 Å². The maximum atomic E-state index is 13.8. The summed E-state index contributed by atoms with van der Waals surface area (Å²) in [7, 11) is 1.46. The third kappa shape index (κ3) is 2.29. The molecule has 0 fully saturated rings. The molecule has 0 bridgehead atoms. The van der Waals surface area contributed by atoms with E-state index < -0.39 is 17.6 Å². The largest absolute Gasteiger partial charge is 0.497 e. The molecule has 1 aliphatic rings. The monoisotopic (exact) mass is 298 g/mol. The Bertz CT molecular complexity index is 607. The molecule has 2 rings (SSSR count). The molecular formula is C15H17F3N2O. The van der Waals surface area contributed by atoms with Gasteiger partial charge in [0.15, 0.2) is 0 Å². The number of rotatable bonds is 2. The van der Waals surface area contributed by atoms with Crippen molar-refractivity contribution in [2.75, 3.05) is 7.11 Å². The SMILES string of the molecule is COc1ccc(C2(C(F)(F)F)C=CC=C(N)C2N)c(C)c1. The Morgan fingerprint density at radius 2 is 1.95 bits per heavy atom. The molecule has 114 valence electrons. The second kappa shape index (κ2) is 5.11. The molecule has 0 saturated heterocycles. The smallest absolute Gasteiger partial charge is 0.403 e. The van der Waals surface area contributed by atoms with Crippen LogP contribution in [-0.4, -0.2) is 19.3 Å². The maximum Gasteiger partial charge on any atom is 0.403 e. The van der Waals surface area contributed by atoms with E-state index in [4.69, 9.17) is 16.2 Å². The molecule has 0 heterocycles. The van der Waals surface area contributed by atoms with Gasteiger partial charge >= 0.3 is 6.18 Å². The summed E-state index contributed by atoms with van der Waals surface area (Å²) in [5, 5.41) is 0. The number of hydrogen-bond acceptors (Lipinski definition) is 3. The standard InChI is InChI=1S/C15H17F3N2O/c1-9-8-10(21-2)5-6-11(9)14(15(16,17)18)7-3-4-12(19)13(14)20/h3-8,13H,19-20H2,1-2H3. The normalized spacial score (nSPS) is 25.6. The quantitative estimate of drug-likeness (QED) is 0.882. The van der Waals surface area contributed by atoms with Crippen molar-refractivity contribution in [3.05, 3.63) is 53.3 Å². The zero-order valence-electron chi connectivity index (χ0n) is 11.7. The number of methoxy groups -OCH3 is 1. The molecule has 1 aromatic rings. The highest BCUT2D eigenvalue weighted by atomic mass is 19.4. The van der Waals surface area contributed by atoms with Gasteiger partial charge in [-0.1, -0.05) is 18.2 Å². The number of benzene rings is 1. The van der Waals surface area contributed by atoms with Crippen molar-refractivity contribution < 1.29 is 17.9 Å². The molecular weight excluding hydrogens is 281 g/mol. The van der Waals surface area contributed by atoms with Crippen molar-refractivity contribution in [2.24, 2.45) is 11.5 Å². The van der Waals surface area contributed by atoms with E-state index >= 15 is 0 Å². The van der Waals surface area contributed by atoms with Gasteiger partial charge < -0.3 is 16.2 Å². The summed E-state index contributed by atoms with van der Waals surface area (Å²) >= 11 is 0. The minimum Gasteiger partial charge on any atom is -0.497 e. The van der Waals surface area contributed by atoms with E-state index in [-0.39, 0.29) is 11.3 Å². The van der Waals surface area contributed by atoms with Crippen molar-refractivity contribution in [1.82, 2.24) is 0 Å². The van der Waals surface area contributed by atoms with Gasteiger partial charge in [0, 0.05) is 5.70 Å². The second-order valence-electron chi connectivity index (χ2n) is 5.05. The highest BCUT2D eigenvalue weighted by molar-refractivity contribution is 5.49. The lowest BCUT2D eigenvalue weighted by molar-refractivity contribution is -0.179.